The van der Waals surface area contributed by atoms with Gasteiger partial charge in [-0.2, -0.15) is 0 Å². The summed E-state index contributed by atoms with van der Waals surface area (Å²) in [6.07, 6.45) is 0. The summed E-state index contributed by atoms with van der Waals surface area (Å²) in [5.74, 6) is -1.79. The zero-order valence-corrected chi connectivity index (χ0v) is 11.8. The molecule has 1 aromatic heterocycles. The number of phenols is 1. The lowest BCUT2D eigenvalue weighted by Crippen LogP contribution is -2.26. The van der Waals surface area contributed by atoms with Crippen molar-refractivity contribution in [1.29, 1.82) is 0 Å². The Morgan fingerprint density at radius 1 is 1.29 bits per heavy atom. The van der Waals surface area contributed by atoms with E-state index >= 15 is 0 Å². The summed E-state index contributed by atoms with van der Waals surface area (Å²) < 4.78 is 31.3. The van der Waals surface area contributed by atoms with Crippen LogP contribution >= 0.6 is 0 Å². The molecule has 1 unspecified atom stereocenters. The van der Waals surface area contributed by atoms with E-state index in [2.05, 4.69) is 4.72 Å². The highest BCUT2D eigenvalue weighted by Gasteiger charge is 2.23. The zero-order valence-electron chi connectivity index (χ0n) is 11.0. The Morgan fingerprint density at radius 2 is 2.00 bits per heavy atom. The second kappa shape index (κ2) is 5.58. The van der Waals surface area contributed by atoms with Crippen LogP contribution in [0.5, 0.6) is 5.75 Å². The number of carbonyl (C=O) groups is 1. The first kappa shape index (κ1) is 15.1. The van der Waals surface area contributed by atoms with Gasteiger partial charge in [-0.3, -0.25) is 0 Å². The van der Waals surface area contributed by atoms with E-state index in [1.807, 2.05) is 0 Å². The maximum absolute atomic E-state index is 12.1. The molecular weight excluding hydrogens is 298 g/mol. The number of sulfonamides is 1. The van der Waals surface area contributed by atoms with E-state index in [1.54, 1.807) is 19.1 Å². The topological polar surface area (TPSA) is 117 Å². The van der Waals surface area contributed by atoms with Gasteiger partial charge in [0.25, 0.3) is 10.0 Å². The fourth-order valence-electron chi connectivity index (χ4n) is 1.73. The van der Waals surface area contributed by atoms with E-state index in [9.17, 15) is 18.3 Å². The highest BCUT2D eigenvalue weighted by Crippen LogP contribution is 2.21. The third-order valence-electron chi connectivity index (χ3n) is 2.76. The first-order valence-electron chi connectivity index (χ1n) is 5.94. The van der Waals surface area contributed by atoms with Crippen molar-refractivity contribution in [2.24, 2.45) is 0 Å². The Labute approximate surface area is 120 Å². The highest BCUT2D eigenvalue weighted by atomic mass is 32.2. The number of furan rings is 1. The monoisotopic (exact) mass is 311 g/mol. The van der Waals surface area contributed by atoms with Gasteiger partial charge in [-0.1, -0.05) is 12.1 Å². The molecule has 0 saturated heterocycles. The molecule has 0 bridgehead atoms. The molecular formula is C13H13NO6S. The van der Waals surface area contributed by atoms with Crippen LogP contribution in [0, 0.1) is 0 Å². The van der Waals surface area contributed by atoms with Gasteiger partial charge >= 0.3 is 5.97 Å². The average Bonchev–Trinajstić information content (AvgIpc) is 2.88. The van der Waals surface area contributed by atoms with Gasteiger partial charge in [-0.25, -0.2) is 17.9 Å². The van der Waals surface area contributed by atoms with Crippen LogP contribution < -0.4 is 4.72 Å². The van der Waals surface area contributed by atoms with Gasteiger partial charge in [0.1, 0.15) is 5.75 Å². The standard InChI is InChI=1S/C13H13NO6S/c1-8(9-3-2-4-10(15)7-9)14-21(18,19)12-6-5-11(20-12)13(16)17/h2-8,14-15H,1H3,(H,16,17). The van der Waals surface area contributed by atoms with Gasteiger partial charge in [0.05, 0.1) is 0 Å². The van der Waals surface area contributed by atoms with Crippen LogP contribution in [0.3, 0.4) is 0 Å². The Bertz CT molecular complexity index is 764. The minimum atomic E-state index is -3.99. The molecule has 3 N–H and O–H groups in total. The maximum atomic E-state index is 12.1. The van der Waals surface area contributed by atoms with E-state index in [0.717, 1.165) is 12.1 Å². The normalized spacial score (nSPS) is 13.0. The molecule has 0 amide bonds. The van der Waals surface area contributed by atoms with Gasteiger partial charge in [-0.05, 0) is 36.8 Å². The van der Waals surface area contributed by atoms with E-state index in [-0.39, 0.29) is 5.75 Å². The van der Waals surface area contributed by atoms with E-state index < -0.39 is 32.9 Å². The molecule has 0 aliphatic carbocycles. The third kappa shape index (κ3) is 3.41. The molecule has 1 aromatic carbocycles. The first-order chi connectivity index (χ1) is 9.79. The third-order valence-corrected chi connectivity index (χ3v) is 4.17. The lowest BCUT2D eigenvalue weighted by molar-refractivity contribution is 0.0656. The second-order valence-corrected chi connectivity index (χ2v) is 6.01. The largest absolute Gasteiger partial charge is 0.508 e. The van der Waals surface area contributed by atoms with Crippen LogP contribution in [-0.4, -0.2) is 24.6 Å². The quantitative estimate of drug-likeness (QED) is 0.774. The molecule has 2 aromatic rings. The lowest BCUT2D eigenvalue weighted by Gasteiger charge is -2.13. The molecule has 0 spiro atoms. The van der Waals surface area contributed by atoms with Crippen molar-refractivity contribution in [3.8, 4) is 5.75 Å². The van der Waals surface area contributed by atoms with Crippen molar-refractivity contribution in [1.82, 2.24) is 4.72 Å². The number of hydrogen-bond donors (Lipinski definition) is 3. The second-order valence-electron chi connectivity index (χ2n) is 4.36. The van der Waals surface area contributed by atoms with Gasteiger partial charge < -0.3 is 14.6 Å². The number of hydrogen-bond acceptors (Lipinski definition) is 5. The first-order valence-corrected chi connectivity index (χ1v) is 7.42. The summed E-state index contributed by atoms with van der Waals surface area (Å²) in [6.45, 7) is 1.59. The molecule has 1 atom stereocenters. The molecule has 0 saturated carbocycles. The average molecular weight is 311 g/mol. The van der Waals surface area contributed by atoms with Crippen molar-refractivity contribution in [3.05, 3.63) is 47.7 Å². The van der Waals surface area contributed by atoms with Gasteiger partial charge in [0.15, 0.2) is 0 Å². The number of benzene rings is 1. The highest BCUT2D eigenvalue weighted by molar-refractivity contribution is 7.89. The van der Waals surface area contributed by atoms with Crippen LogP contribution in [0.15, 0.2) is 45.9 Å². The number of nitrogens with one attached hydrogen (secondary N) is 1. The molecule has 7 nitrogen and oxygen atoms in total. The lowest BCUT2D eigenvalue weighted by atomic mass is 10.1. The SMILES string of the molecule is CC(NS(=O)(=O)c1ccc(C(=O)O)o1)c1cccc(O)c1. The number of aromatic hydroxyl groups is 1. The predicted molar refractivity (Wildman–Crippen MR) is 72.5 cm³/mol. The summed E-state index contributed by atoms with van der Waals surface area (Å²) >= 11 is 0. The number of phenolic OH excluding ortho intramolecular Hbond substituents is 1. The van der Waals surface area contributed by atoms with Crippen molar-refractivity contribution in [2.75, 3.05) is 0 Å². The van der Waals surface area contributed by atoms with E-state index in [1.165, 1.54) is 12.1 Å². The molecule has 0 radical (unpaired) electrons. The predicted octanol–water partition coefficient (Wildman–Crippen LogP) is 1.72. The summed E-state index contributed by atoms with van der Waals surface area (Å²) in [6, 6.07) is 7.65. The Balaban J connectivity index is 2.22. The van der Waals surface area contributed by atoms with Crippen LogP contribution in [0.25, 0.3) is 0 Å². The number of carboxylic acids is 1. The van der Waals surface area contributed by atoms with Crippen molar-refractivity contribution in [2.45, 2.75) is 18.1 Å². The Hall–Kier alpha value is -2.32. The smallest absolute Gasteiger partial charge is 0.371 e. The maximum Gasteiger partial charge on any atom is 0.371 e. The van der Waals surface area contributed by atoms with Gasteiger partial charge in [0, 0.05) is 6.04 Å². The van der Waals surface area contributed by atoms with Crippen LogP contribution in [0.1, 0.15) is 29.1 Å². The molecule has 1 heterocycles. The molecule has 0 fully saturated rings. The van der Waals surface area contributed by atoms with Crippen LogP contribution in [-0.2, 0) is 10.0 Å². The minimum absolute atomic E-state index is 0.0183. The van der Waals surface area contributed by atoms with Crippen molar-refractivity contribution in [3.63, 3.8) is 0 Å². The summed E-state index contributed by atoms with van der Waals surface area (Å²) in [4.78, 5) is 10.7. The fourth-order valence-corrected chi connectivity index (χ4v) is 2.90. The van der Waals surface area contributed by atoms with E-state index in [4.69, 9.17) is 9.52 Å². The van der Waals surface area contributed by atoms with Crippen molar-refractivity contribution < 1.29 is 27.8 Å². The zero-order chi connectivity index (χ0) is 15.6. The minimum Gasteiger partial charge on any atom is -0.508 e. The molecule has 0 aliphatic rings. The molecule has 21 heavy (non-hydrogen) atoms. The summed E-state index contributed by atoms with van der Waals surface area (Å²) in [5, 5.41) is 17.6. The van der Waals surface area contributed by atoms with Crippen LogP contribution in [0.2, 0.25) is 0 Å². The fraction of sp³-hybridized carbons (Fsp3) is 0.154. The van der Waals surface area contributed by atoms with Gasteiger partial charge in [0.2, 0.25) is 10.9 Å². The van der Waals surface area contributed by atoms with E-state index in [0.29, 0.717) is 5.56 Å². The number of aromatic carboxylic acids is 1. The molecule has 0 aliphatic heterocycles. The molecule has 2 rings (SSSR count). The Morgan fingerprint density at radius 3 is 2.57 bits per heavy atom. The summed E-state index contributed by atoms with van der Waals surface area (Å²) in [7, 11) is -3.99. The molecule has 8 heteroatoms. The van der Waals surface area contributed by atoms with Gasteiger partial charge in [-0.15, -0.1) is 0 Å². The Kier molecular flexibility index (Phi) is 4.01. The molecule has 112 valence electrons. The summed E-state index contributed by atoms with van der Waals surface area (Å²) in [5.41, 5.74) is 0.559. The van der Waals surface area contributed by atoms with Crippen molar-refractivity contribution >= 4 is 16.0 Å². The van der Waals surface area contributed by atoms with Crippen LogP contribution in [0.4, 0.5) is 0 Å². The number of carboxylic acid groups (broad SMARTS) is 1. The number of rotatable bonds is 5.